The predicted octanol–water partition coefficient (Wildman–Crippen LogP) is 2.74. The van der Waals surface area contributed by atoms with E-state index in [-0.39, 0.29) is 5.91 Å². The Balaban J connectivity index is 2.04. The number of pyridine rings is 1. The van der Waals surface area contributed by atoms with Crippen molar-refractivity contribution in [2.75, 3.05) is 19.3 Å². The SMILES string of the molecule is CN(CCc1ccncc1)C(=O)c1cccc(Br)c1N. The van der Waals surface area contributed by atoms with Crippen molar-refractivity contribution < 1.29 is 4.79 Å². The van der Waals surface area contributed by atoms with E-state index in [1.165, 1.54) is 0 Å². The smallest absolute Gasteiger partial charge is 0.255 e. The normalized spacial score (nSPS) is 10.3. The summed E-state index contributed by atoms with van der Waals surface area (Å²) in [7, 11) is 1.78. The Labute approximate surface area is 126 Å². The quantitative estimate of drug-likeness (QED) is 0.875. The van der Waals surface area contributed by atoms with Crippen LogP contribution in [0.5, 0.6) is 0 Å². The lowest BCUT2D eigenvalue weighted by Gasteiger charge is -2.18. The van der Waals surface area contributed by atoms with Gasteiger partial charge in [-0.15, -0.1) is 0 Å². The average molecular weight is 334 g/mol. The van der Waals surface area contributed by atoms with Gasteiger partial charge >= 0.3 is 0 Å². The maximum Gasteiger partial charge on any atom is 0.255 e. The molecule has 0 aliphatic carbocycles. The number of carbonyl (C=O) groups is 1. The van der Waals surface area contributed by atoms with E-state index in [4.69, 9.17) is 5.73 Å². The minimum atomic E-state index is -0.0714. The van der Waals surface area contributed by atoms with Crippen molar-refractivity contribution in [2.45, 2.75) is 6.42 Å². The summed E-state index contributed by atoms with van der Waals surface area (Å²) < 4.78 is 0.742. The Morgan fingerprint density at radius 2 is 2.00 bits per heavy atom. The number of nitrogens with two attached hydrogens (primary N) is 1. The number of likely N-dealkylation sites (N-methyl/N-ethyl adjacent to an activating group) is 1. The van der Waals surface area contributed by atoms with Crippen LogP contribution < -0.4 is 5.73 Å². The van der Waals surface area contributed by atoms with Gasteiger partial charge in [0, 0.05) is 30.5 Å². The second kappa shape index (κ2) is 6.52. The third-order valence-electron chi connectivity index (χ3n) is 3.12. The van der Waals surface area contributed by atoms with Crippen LogP contribution in [0.4, 0.5) is 5.69 Å². The molecule has 4 nitrogen and oxygen atoms in total. The maximum absolute atomic E-state index is 12.4. The predicted molar refractivity (Wildman–Crippen MR) is 83.5 cm³/mol. The zero-order chi connectivity index (χ0) is 14.5. The monoisotopic (exact) mass is 333 g/mol. The van der Waals surface area contributed by atoms with Crippen LogP contribution in [0, 0.1) is 0 Å². The molecule has 2 N–H and O–H groups in total. The Kier molecular flexibility index (Phi) is 4.74. The first-order chi connectivity index (χ1) is 9.59. The van der Waals surface area contributed by atoms with E-state index in [9.17, 15) is 4.79 Å². The minimum Gasteiger partial charge on any atom is -0.397 e. The van der Waals surface area contributed by atoms with E-state index >= 15 is 0 Å². The van der Waals surface area contributed by atoms with Gasteiger partial charge in [-0.2, -0.15) is 0 Å². The first kappa shape index (κ1) is 14.5. The fourth-order valence-electron chi connectivity index (χ4n) is 1.88. The van der Waals surface area contributed by atoms with Crippen LogP contribution in [-0.2, 0) is 6.42 Å². The summed E-state index contributed by atoms with van der Waals surface area (Å²) in [5, 5.41) is 0. The van der Waals surface area contributed by atoms with Gasteiger partial charge in [0.25, 0.3) is 5.91 Å². The molecule has 2 rings (SSSR count). The number of hydrogen-bond donors (Lipinski definition) is 1. The van der Waals surface area contributed by atoms with Crippen LogP contribution in [0.3, 0.4) is 0 Å². The third-order valence-corrected chi connectivity index (χ3v) is 3.81. The largest absolute Gasteiger partial charge is 0.397 e. The standard InChI is InChI=1S/C15H16BrN3O/c1-19(10-7-11-5-8-18-9-6-11)15(20)12-3-2-4-13(16)14(12)17/h2-6,8-9H,7,10,17H2,1H3. The van der Waals surface area contributed by atoms with Gasteiger partial charge in [-0.25, -0.2) is 0 Å². The van der Waals surface area contributed by atoms with Crippen molar-refractivity contribution in [2.24, 2.45) is 0 Å². The van der Waals surface area contributed by atoms with Crippen molar-refractivity contribution >= 4 is 27.5 Å². The Morgan fingerprint density at radius 1 is 1.30 bits per heavy atom. The first-order valence-electron chi connectivity index (χ1n) is 6.28. The molecule has 1 heterocycles. The first-order valence-corrected chi connectivity index (χ1v) is 7.07. The van der Waals surface area contributed by atoms with Crippen molar-refractivity contribution in [1.29, 1.82) is 0 Å². The van der Waals surface area contributed by atoms with Crippen LogP contribution >= 0.6 is 15.9 Å². The summed E-state index contributed by atoms with van der Waals surface area (Å²) in [6, 6.07) is 9.27. The maximum atomic E-state index is 12.4. The Bertz CT molecular complexity index is 601. The molecule has 0 saturated heterocycles. The number of rotatable bonds is 4. The molecule has 0 unspecified atom stereocenters. The highest BCUT2D eigenvalue weighted by Crippen LogP contribution is 2.23. The van der Waals surface area contributed by atoms with Crippen LogP contribution in [0.25, 0.3) is 0 Å². The van der Waals surface area contributed by atoms with Crippen LogP contribution in [-0.4, -0.2) is 29.4 Å². The van der Waals surface area contributed by atoms with Gasteiger partial charge < -0.3 is 10.6 Å². The molecule has 0 fully saturated rings. The summed E-state index contributed by atoms with van der Waals surface area (Å²) >= 11 is 3.34. The average Bonchev–Trinajstić information content (AvgIpc) is 2.48. The van der Waals surface area contributed by atoms with Crippen molar-refractivity contribution in [3.63, 3.8) is 0 Å². The second-order valence-corrected chi connectivity index (χ2v) is 5.39. The van der Waals surface area contributed by atoms with E-state index in [1.54, 1.807) is 30.4 Å². The molecular weight excluding hydrogens is 318 g/mol. The van der Waals surface area contributed by atoms with Crippen molar-refractivity contribution in [1.82, 2.24) is 9.88 Å². The molecule has 0 aliphatic rings. The van der Waals surface area contributed by atoms with Gasteiger partial charge in [0.2, 0.25) is 0 Å². The molecule has 0 aliphatic heterocycles. The molecule has 0 atom stereocenters. The second-order valence-electron chi connectivity index (χ2n) is 4.53. The van der Waals surface area contributed by atoms with Crippen LogP contribution in [0.15, 0.2) is 47.2 Å². The highest BCUT2D eigenvalue weighted by molar-refractivity contribution is 9.10. The lowest BCUT2D eigenvalue weighted by molar-refractivity contribution is 0.0797. The van der Waals surface area contributed by atoms with Gasteiger partial charge in [0.15, 0.2) is 0 Å². The molecule has 20 heavy (non-hydrogen) atoms. The Morgan fingerprint density at radius 3 is 2.70 bits per heavy atom. The fourth-order valence-corrected chi connectivity index (χ4v) is 2.24. The Hall–Kier alpha value is -1.88. The fraction of sp³-hybridized carbons (Fsp3) is 0.200. The van der Waals surface area contributed by atoms with Crippen LogP contribution in [0.1, 0.15) is 15.9 Å². The van der Waals surface area contributed by atoms with Gasteiger partial charge in [0.05, 0.1) is 11.3 Å². The number of para-hydroxylation sites is 1. The summed E-state index contributed by atoms with van der Waals surface area (Å²) in [5.74, 6) is -0.0714. The summed E-state index contributed by atoms with van der Waals surface area (Å²) in [5.41, 5.74) is 8.08. The number of anilines is 1. The lowest BCUT2D eigenvalue weighted by Crippen LogP contribution is -2.29. The lowest BCUT2D eigenvalue weighted by atomic mass is 10.1. The summed E-state index contributed by atoms with van der Waals surface area (Å²) in [4.78, 5) is 18.0. The number of halogens is 1. The van der Waals surface area contributed by atoms with E-state index in [1.807, 2.05) is 24.3 Å². The number of aromatic nitrogens is 1. The zero-order valence-corrected chi connectivity index (χ0v) is 12.8. The van der Waals surface area contributed by atoms with E-state index in [0.29, 0.717) is 17.8 Å². The highest BCUT2D eigenvalue weighted by atomic mass is 79.9. The molecule has 1 amide bonds. The van der Waals surface area contributed by atoms with Crippen molar-refractivity contribution in [3.05, 3.63) is 58.3 Å². The molecule has 0 saturated carbocycles. The van der Waals surface area contributed by atoms with Gasteiger partial charge in [-0.3, -0.25) is 9.78 Å². The van der Waals surface area contributed by atoms with Gasteiger partial charge in [0.1, 0.15) is 0 Å². The molecule has 1 aromatic carbocycles. The molecular formula is C15H16BrN3O. The van der Waals surface area contributed by atoms with Crippen LogP contribution in [0.2, 0.25) is 0 Å². The van der Waals surface area contributed by atoms with Crippen molar-refractivity contribution in [3.8, 4) is 0 Å². The highest BCUT2D eigenvalue weighted by Gasteiger charge is 2.15. The number of amides is 1. The molecule has 0 radical (unpaired) electrons. The van der Waals surface area contributed by atoms with E-state index in [2.05, 4.69) is 20.9 Å². The van der Waals surface area contributed by atoms with E-state index in [0.717, 1.165) is 16.5 Å². The van der Waals surface area contributed by atoms with E-state index < -0.39 is 0 Å². The van der Waals surface area contributed by atoms with Gasteiger partial charge in [-0.1, -0.05) is 6.07 Å². The number of nitrogen functional groups attached to an aromatic ring is 1. The molecule has 0 spiro atoms. The zero-order valence-electron chi connectivity index (χ0n) is 11.2. The molecule has 5 heteroatoms. The number of hydrogen-bond acceptors (Lipinski definition) is 3. The topological polar surface area (TPSA) is 59.2 Å². The minimum absolute atomic E-state index is 0.0714. The number of nitrogens with zero attached hydrogens (tertiary/aromatic N) is 2. The number of benzene rings is 1. The molecule has 104 valence electrons. The molecule has 1 aromatic heterocycles. The summed E-state index contributed by atoms with van der Waals surface area (Å²) in [6.45, 7) is 0.634. The number of carbonyl (C=O) groups excluding carboxylic acids is 1. The third kappa shape index (κ3) is 3.36. The molecule has 0 bridgehead atoms. The van der Waals surface area contributed by atoms with Gasteiger partial charge in [-0.05, 0) is 52.2 Å². The molecule has 2 aromatic rings. The summed E-state index contributed by atoms with van der Waals surface area (Å²) in [6.07, 6.45) is 4.30.